The average molecular weight is 556 g/mol. The van der Waals surface area contributed by atoms with Crippen molar-refractivity contribution < 1.29 is 44.7 Å². The molecule has 2 aliphatic carbocycles. The second kappa shape index (κ2) is 8.72. The predicted molar refractivity (Wildman–Crippen MR) is 113 cm³/mol. The van der Waals surface area contributed by atoms with E-state index in [1.165, 1.54) is 0 Å². The van der Waals surface area contributed by atoms with Gasteiger partial charge in [0.25, 0.3) is 5.92 Å². The molecule has 0 radical (unpaired) electrons. The first-order valence-electron chi connectivity index (χ1n) is 10.7. The number of rotatable bonds is 7. The largest absolute Gasteiger partial charge is 0.484 e. The van der Waals surface area contributed by atoms with Gasteiger partial charge in [-0.2, -0.15) is 18.4 Å². The van der Waals surface area contributed by atoms with E-state index >= 15 is 0 Å². The first-order valence-corrected chi connectivity index (χ1v) is 12.7. The van der Waals surface area contributed by atoms with Crippen molar-refractivity contribution in [1.29, 1.82) is 5.26 Å². The molecule has 36 heavy (non-hydrogen) atoms. The lowest BCUT2D eigenvalue weighted by atomic mass is 10.1. The second-order valence-corrected chi connectivity index (χ2v) is 11.7. The van der Waals surface area contributed by atoms with Gasteiger partial charge in [-0.3, -0.25) is 9.59 Å². The molecular formula is C21H19ClF5N3O5S. The standard InChI is InChI=1S/C21H19ClF5N3O5S/c22-14-5-11(35-10-21(25,26)27)1-2-16(14)36(33,34)12-6-15(17(31)29-19(9-28)3-4-19)30(8-12)18(32)13-7-20(13,23)24/h1-2,5,12-13,15H,3-4,6-8,10H2,(H,29,31)/t12-,13?,15+/m1/s1. The summed E-state index contributed by atoms with van der Waals surface area (Å²) in [6.07, 6.45) is -5.08. The van der Waals surface area contributed by atoms with E-state index < -0.39 is 92.4 Å². The van der Waals surface area contributed by atoms with E-state index in [4.69, 9.17) is 11.6 Å². The minimum absolute atomic E-state index is 0.334. The van der Waals surface area contributed by atoms with Crippen molar-refractivity contribution in [1.82, 2.24) is 10.2 Å². The van der Waals surface area contributed by atoms with E-state index in [1.54, 1.807) is 0 Å². The van der Waals surface area contributed by atoms with Crippen molar-refractivity contribution in [3.63, 3.8) is 0 Å². The number of alkyl halides is 5. The highest BCUT2D eigenvalue weighted by Gasteiger charge is 2.64. The highest BCUT2D eigenvalue weighted by molar-refractivity contribution is 7.92. The van der Waals surface area contributed by atoms with Crippen LogP contribution in [-0.2, 0) is 19.4 Å². The number of hydrogen-bond acceptors (Lipinski definition) is 6. The quantitative estimate of drug-likeness (QED) is 0.517. The molecule has 196 valence electrons. The Morgan fingerprint density at radius 3 is 2.42 bits per heavy atom. The molecular weight excluding hydrogens is 537 g/mol. The van der Waals surface area contributed by atoms with E-state index in [0.717, 1.165) is 23.1 Å². The molecule has 0 aromatic heterocycles. The van der Waals surface area contributed by atoms with Crippen molar-refractivity contribution in [2.75, 3.05) is 13.2 Å². The van der Waals surface area contributed by atoms with Crippen LogP contribution in [0, 0.1) is 17.2 Å². The van der Waals surface area contributed by atoms with Crippen molar-refractivity contribution in [3.05, 3.63) is 23.2 Å². The number of nitrogens with zero attached hydrogens (tertiary/aromatic N) is 2. The number of carbonyl (C=O) groups is 2. The Morgan fingerprint density at radius 1 is 1.28 bits per heavy atom. The van der Waals surface area contributed by atoms with Crippen LogP contribution >= 0.6 is 11.6 Å². The van der Waals surface area contributed by atoms with Crippen LogP contribution < -0.4 is 10.1 Å². The molecule has 3 atom stereocenters. The lowest BCUT2D eigenvalue weighted by molar-refractivity contribution is -0.153. The summed E-state index contributed by atoms with van der Waals surface area (Å²) in [6.45, 7) is -2.20. The fourth-order valence-corrected chi connectivity index (χ4v) is 6.28. The van der Waals surface area contributed by atoms with Gasteiger partial charge in [0.2, 0.25) is 11.8 Å². The zero-order chi connectivity index (χ0) is 26.7. The summed E-state index contributed by atoms with van der Waals surface area (Å²) >= 11 is 6.02. The van der Waals surface area contributed by atoms with Crippen LogP contribution in [0.4, 0.5) is 22.0 Å². The molecule has 1 unspecified atom stereocenters. The molecule has 0 spiro atoms. The summed E-state index contributed by atoms with van der Waals surface area (Å²) in [7, 11) is -4.37. The molecule has 8 nitrogen and oxygen atoms in total. The number of ether oxygens (including phenoxy) is 1. The van der Waals surface area contributed by atoms with E-state index in [-0.39, 0.29) is 5.75 Å². The number of nitriles is 1. The summed E-state index contributed by atoms with van der Waals surface area (Å²) in [5.41, 5.74) is -1.14. The van der Waals surface area contributed by atoms with Crippen LogP contribution in [0.2, 0.25) is 5.02 Å². The Morgan fingerprint density at radius 2 is 1.92 bits per heavy atom. The molecule has 2 amide bonds. The Hall–Kier alpha value is -2.66. The zero-order valence-corrected chi connectivity index (χ0v) is 19.9. The van der Waals surface area contributed by atoms with Crippen LogP contribution in [-0.4, -0.2) is 67.2 Å². The molecule has 1 aliphatic heterocycles. The van der Waals surface area contributed by atoms with Crippen molar-refractivity contribution in [2.24, 2.45) is 5.92 Å². The highest BCUT2D eigenvalue weighted by Crippen LogP contribution is 2.50. The summed E-state index contributed by atoms with van der Waals surface area (Å²) < 4.78 is 95.5. The van der Waals surface area contributed by atoms with E-state index in [2.05, 4.69) is 10.1 Å². The Kier molecular flexibility index (Phi) is 6.40. The first kappa shape index (κ1) is 26.4. The molecule has 4 rings (SSSR count). The second-order valence-electron chi connectivity index (χ2n) is 9.11. The van der Waals surface area contributed by atoms with Crippen molar-refractivity contribution >= 4 is 33.3 Å². The molecule has 1 heterocycles. The van der Waals surface area contributed by atoms with Crippen LogP contribution in [0.3, 0.4) is 0 Å². The molecule has 1 N–H and O–H groups in total. The van der Waals surface area contributed by atoms with Gasteiger partial charge in [-0.15, -0.1) is 0 Å². The van der Waals surface area contributed by atoms with Gasteiger partial charge in [-0.1, -0.05) is 11.6 Å². The molecule has 15 heteroatoms. The zero-order valence-electron chi connectivity index (χ0n) is 18.3. The molecule has 0 bridgehead atoms. The predicted octanol–water partition coefficient (Wildman–Crippen LogP) is 2.85. The summed E-state index contributed by atoms with van der Waals surface area (Å²) in [5, 5.41) is 9.83. The minimum Gasteiger partial charge on any atom is -0.484 e. The van der Waals surface area contributed by atoms with Crippen LogP contribution in [0.25, 0.3) is 0 Å². The third kappa shape index (κ3) is 5.22. The number of nitrogens with one attached hydrogen (secondary N) is 1. The van der Waals surface area contributed by atoms with Gasteiger partial charge in [0.15, 0.2) is 16.4 Å². The van der Waals surface area contributed by atoms with Gasteiger partial charge in [-0.25, -0.2) is 17.2 Å². The number of likely N-dealkylation sites (tertiary alicyclic amines) is 1. The molecule has 1 saturated heterocycles. The molecule has 1 aromatic carbocycles. The summed E-state index contributed by atoms with van der Waals surface area (Å²) in [4.78, 5) is 25.9. The number of halogens is 6. The normalized spacial score (nSPS) is 26.1. The number of hydrogen-bond donors (Lipinski definition) is 1. The monoisotopic (exact) mass is 555 g/mol. The van der Waals surface area contributed by atoms with E-state index in [1.807, 2.05) is 6.07 Å². The fraction of sp³-hybridized carbons (Fsp3) is 0.571. The van der Waals surface area contributed by atoms with Gasteiger partial charge in [0.05, 0.1) is 21.2 Å². The molecule has 3 fully saturated rings. The Labute approximate surface area is 207 Å². The summed E-state index contributed by atoms with van der Waals surface area (Å²) in [5.74, 6) is -7.16. The number of carbonyl (C=O) groups excluding carboxylic acids is 2. The molecule has 1 aromatic rings. The van der Waals surface area contributed by atoms with Gasteiger partial charge in [-0.05, 0) is 31.4 Å². The maximum Gasteiger partial charge on any atom is 0.422 e. The van der Waals surface area contributed by atoms with E-state index in [0.29, 0.717) is 12.8 Å². The van der Waals surface area contributed by atoms with Crippen molar-refractivity contribution in [3.8, 4) is 11.8 Å². The minimum atomic E-state index is -4.63. The maximum atomic E-state index is 13.6. The van der Waals surface area contributed by atoms with Gasteiger partial charge >= 0.3 is 6.18 Å². The Balaban J connectivity index is 1.57. The SMILES string of the molecule is N#CC1(NC(=O)[C@@H]2C[C@@H](S(=O)(=O)c3ccc(OCC(F)(F)F)cc3Cl)CN2C(=O)C2CC2(F)F)CC1. The molecule has 2 saturated carbocycles. The van der Waals surface area contributed by atoms with Crippen LogP contribution in [0.1, 0.15) is 25.7 Å². The number of benzene rings is 1. The fourth-order valence-electron chi connectivity index (χ4n) is 4.05. The van der Waals surface area contributed by atoms with Gasteiger partial charge < -0.3 is 15.0 Å². The molecule has 3 aliphatic rings. The average Bonchev–Trinajstić information content (AvgIpc) is 3.62. The van der Waals surface area contributed by atoms with Crippen LogP contribution in [0.5, 0.6) is 5.75 Å². The maximum absolute atomic E-state index is 13.6. The number of sulfone groups is 1. The van der Waals surface area contributed by atoms with Gasteiger partial charge in [0.1, 0.15) is 23.2 Å². The smallest absolute Gasteiger partial charge is 0.422 e. The number of amides is 2. The third-order valence-electron chi connectivity index (χ3n) is 6.35. The highest BCUT2D eigenvalue weighted by atomic mass is 35.5. The van der Waals surface area contributed by atoms with E-state index in [9.17, 15) is 45.2 Å². The topological polar surface area (TPSA) is 117 Å². The lowest BCUT2D eigenvalue weighted by Gasteiger charge is -2.24. The first-order chi connectivity index (χ1) is 16.6. The third-order valence-corrected chi connectivity index (χ3v) is 8.96. The summed E-state index contributed by atoms with van der Waals surface area (Å²) in [6, 6.07) is 3.31. The Bertz CT molecular complexity index is 1250. The van der Waals surface area contributed by atoms with Crippen molar-refractivity contribution in [2.45, 2.75) is 59.5 Å². The van der Waals surface area contributed by atoms with Gasteiger partial charge in [0, 0.05) is 19.0 Å². The lowest BCUT2D eigenvalue weighted by Crippen LogP contribution is -2.50. The van der Waals surface area contributed by atoms with Crippen LogP contribution in [0.15, 0.2) is 23.1 Å².